The van der Waals surface area contributed by atoms with E-state index in [-0.39, 0.29) is 5.91 Å². The van der Waals surface area contributed by atoms with E-state index < -0.39 is 6.03 Å². The van der Waals surface area contributed by atoms with E-state index in [1.807, 2.05) is 6.07 Å². The molecule has 1 aliphatic heterocycles. The molecule has 16 heavy (non-hydrogen) atoms. The Morgan fingerprint density at radius 3 is 2.81 bits per heavy atom. The molecule has 0 radical (unpaired) electrons. The largest absolute Gasteiger partial charge is 0.329 e. The van der Waals surface area contributed by atoms with Gasteiger partial charge in [-0.25, -0.2) is 9.78 Å². The van der Waals surface area contributed by atoms with Gasteiger partial charge in [-0.2, -0.15) is 0 Å². The molecule has 0 bridgehead atoms. The van der Waals surface area contributed by atoms with Gasteiger partial charge in [0.25, 0.3) is 0 Å². The third-order valence-corrected chi connectivity index (χ3v) is 2.94. The second-order valence-corrected chi connectivity index (χ2v) is 3.97. The Morgan fingerprint density at radius 2 is 2.25 bits per heavy atom. The van der Waals surface area contributed by atoms with E-state index in [1.165, 1.54) is 4.90 Å². The Labute approximate surface area is 101 Å². The van der Waals surface area contributed by atoms with Gasteiger partial charge in [-0.15, -0.1) is 0 Å². The van der Waals surface area contributed by atoms with E-state index >= 15 is 0 Å². The van der Waals surface area contributed by atoms with E-state index in [4.69, 9.17) is 0 Å². The van der Waals surface area contributed by atoms with Gasteiger partial charge in [0.05, 0.1) is 0 Å². The van der Waals surface area contributed by atoms with Crippen LogP contribution in [-0.4, -0.2) is 23.5 Å². The van der Waals surface area contributed by atoms with Crippen LogP contribution in [0.2, 0.25) is 0 Å². The molecule has 0 aliphatic carbocycles. The number of imide groups is 1. The number of rotatable bonds is 2. The van der Waals surface area contributed by atoms with Gasteiger partial charge in [0.2, 0.25) is 5.91 Å². The molecule has 2 rings (SSSR count). The Balaban J connectivity index is 2.17. The minimum atomic E-state index is -0.407. The van der Waals surface area contributed by atoms with Gasteiger partial charge in [-0.1, -0.05) is 22.0 Å². The van der Waals surface area contributed by atoms with E-state index in [9.17, 15) is 9.59 Å². The molecule has 5 nitrogen and oxygen atoms in total. The van der Waals surface area contributed by atoms with Gasteiger partial charge in [0.15, 0.2) is 0 Å². The van der Waals surface area contributed by atoms with E-state index in [0.717, 1.165) is 10.9 Å². The van der Waals surface area contributed by atoms with Gasteiger partial charge in [-0.05, 0) is 11.6 Å². The fourth-order valence-corrected chi connectivity index (χ4v) is 1.77. The highest BCUT2D eigenvalue weighted by atomic mass is 79.9. The lowest BCUT2D eigenvalue weighted by Gasteiger charge is -2.25. The summed E-state index contributed by atoms with van der Waals surface area (Å²) in [6, 6.07) is 3.25. The zero-order valence-electron chi connectivity index (χ0n) is 8.44. The number of nitrogens with zero attached hydrogens (tertiary/aromatic N) is 2. The maximum absolute atomic E-state index is 11.5. The normalized spacial score (nSPS) is 16.2. The quantitative estimate of drug-likeness (QED) is 0.835. The Bertz CT molecular complexity index is 419. The van der Waals surface area contributed by atoms with Crippen molar-refractivity contribution in [2.75, 3.05) is 11.4 Å². The molecule has 1 aromatic rings. The van der Waals surface area contributed by atoms with Crippen LogP contribution in [0.15, 0.2) is 18.3 Å². The molecule has 1 N–H and O–H groups in total. The second-order valence-electron chi connectivity index (χ2n) is 3.41. The molecular formula is C10H10BrN3O2. The van der Waals surface area contributed by atoms with Crippen LogP contribution in [0.5, 0.6) is 0 Å². The van der Waals surface area contributed by atoms with Crippen LogP contribution < -0.4 is 10.2 Å². The molecule has 1 saturated heterocycles. The summed E-state index contributed by atoms with van der Waals surface area (Å²) >= 11 is 3.32. The highest BCUT2D eigenvalue weighted by Gasteiger charge is 2.24. The molecule has 1 fully saturated rings. The molecule has 0 unspecified atom stereocenters. The van der Waals surface area contributed by atoms with Crippen LogP contribution >= 0.6 is 15.9 Å². The summed E-state index contributed by atoms with van der Waals surface area (Å²) in [5.41, 5.74) is 1.04. The van der Waals surface area contributed by atoms with Crippen molar-refractivity contribution in [1.82, 2.24) is 10.3 Å². The van der Waals surface area contributed by atoms with E-state index in [0.29, 0.717) is 18.8 Å². The SMILES string of the molecule is O=C1CCN(c2ccc(CBr)cn2)C(=O)N1. The molecule has 0 aromatic carbocycles. The molecule has 0 saturated carbocycles. The Hall–Kier alpha value is -1.43. The number of urea groups is 1. The minimum absolute atomic E-state index is 0.238. The third-order valence-electron chi connectivity index (χ3n) is 2.29. The van der Waals surface area contributed by atoms with Gasteiger partial charge >= 0.3 is 6.03 Å². The van der Waals surface area contributed by atoms with E-state index in [1.54, 1.807) is 12.3 Å². The van der Waals surface area contributed by atoms with Crippen LogP contribution in [0.3, 0.4) is 0 Å². The summed E-state index contributed by atoms with van der Waals surface area (Å²) in [4.78, 5) is 28.1. The number of pyridine rings is 1. The van der Waals surface area contributed by atoms with Crippen molar-refractivity contribution in [3.05, 3.63) is 23.9 Å². The molecule has 3 amide bonds. The zero-order valence-corrected chi connectivity index (χ0v) is 10.0. The first-order valence-electron chi connectivity index (χ1n) is 4.83. The molecule has 1 aliphatic rings. The van der Waals surface area contributed by atoms with Crippen molar-refractivity contribution < 1.29 is 9.59 Å². The van der Waals surface area contributed by atoms with Crippen LogP contribution in [0.4, 0.5) is 10.6 Å². The highest BCUT2D eigenvalue weighted by Crippen LogP contribution is 2.15. The van der Waals surface area contributed by atoms with Crippen molar-refractivity contribution in [2.45, 2.75) is 11.8 Å². The standard InChI is InChI=1S/C10H10BrN3O2/c11-5-7-1-2-8(12-6-7)14-4-3-9(15)13-10(14)16/h1-2,6H,3-5H2,(H,13,15,16). The molecule has 0 atom stereocenters. The Kier molecular flexibility index (Phi) is 3.19. The summed E-state index contributed by atoms with van der Waals surface area (Å²) in [5, 5.41) is 2.98. The van der Waals surface area contributed by atoms with E-state index in [2.05, 4.69) is 26.2 Å². The lowest BCUT2D eigenvalue weighted by atomic mass is 10.3. The number of hydrogen-bond donors (Lipinski definition) is 1. The summed E-state index contributed by atoms with van der Waals surface area (Å²) in [6.45, 7) is 0.380. The predicted molar refractivity (Wildman–Crippen MR) is 62.4 cm³/mol. The first kappa shape index (κ1) is 11.1. The fourth-order valence-electron chi connectivity index (χ4n) is 1.44. The van der Waals surface area contributed by atoms with Gasteiger partial charge in [0, 0.05) is 24.5 Å². The van der Waals surface area contributed by atoms with Crippen molar-refractivity contribution in [1.29, 1.82) is 0 Å². The summed E-state index contributed by atoms with van der Waals surface area (Å²) in [5.74, 6) is 0.327. The second kappa shape index (κ2) is 4.61. The van der Waals surface area contributed by atoms with Gasteiger partial charge in [0.1, 0.15) is 5.82 Å². The fraction of sp³-hybridized carbons (Fsp3) is 0.300. The number of hydrogen-bond acceptors (Lipinski definition) is 3. The molecular weight excluding hydrogens is 274 g/mol. The monoisotopic (exact) mass is 283 g/mol. The number of alkyl halides is 1. The molecule has 2 heterocycles. The number of carbonyl (C=O) groups excluding carboxylic acids is 2. The minimum Gasteiger partial charge on any atom is -0.278 e. The average Bonchev–Trinajstić information content (AvgIpc) is 2.29. The van der Waals surface area contributed by atoms with Crippen molar-refractivity contribution in [3.8, 4) is 0 Å². The van der Waals surface area contributed by atoms with Gasteiger partial charge in [-0.3, -0.25) is 15.0 Å². The van der Waals surface area contributed by atoms with Crippen molar-refractivity contribution in [2.24, 2.45) is 0 Å². The average molecular weight is 284 g/mol. The first-order valence-corrected chi connectivity index (χ1v) is 5.95. The van der Waals surface area contributed by atoms with Crippen LogP contribution in [0.1, 0.15) is 12.0 Å². The topological polar surface area (TPSA) is 62.3 Å². The maximum Gasteiger partial charge on any atom is 0.329 e. The number of amides is 3. The number of anilines is 1. The van der Waals surface area contributed by atoms with Crippen molar-refractivity contribution in [3.63, 3.8) is 0 Å². The zero-order chi connectivity index (χ0) is 11.5. The summed E-state index contributed by atoms with van der Waals surface area (Å²) < 4.78 is 0. The summed E-state index contributed by atoms with van der Waals surface area (Å²) in [6.07, 6.45) is 2.02. The molecule has 6 heteroatoms. The smallest absolute Gasteiger partial charge is 0.278 e. The lowest BCUT2D eigenvalue weighted by molar-refractivity contribution is -0.120. The molecule has 0 spiro atoms. The summed E-state index contributed by atoms with van der Waals surface area (Å²) in [7, 11) is 0. The first-order chi connectivity index (χ1) is 7.70. The van der Waals surface area contributed by atoms with Crippen LogP contribution in [-0.2, 0) is 10.1 Å². The number of carbonyl (C=O) groups is 2. The Morgan fingerprint density at radius 1 is 1.44 bits per heavy atom. The highest BCUT2D eigenvalue weighted by molar-refractivity contribution is 9.08. The number of aromatic nitrogens is 1. The van der Waals surface area contributed by atoms with Gasteiger partial charge < -0.3 is 0 Å². The third kappa shape index (κ3) is 2.21. The van der Waals surface area contributed by atoms with Crippen molar-refractivity contribution >= 4 is 33.7 Å². The predicted octanol–water partition coefficient (Wildman–Crippen LogP) is 1.42. The molecule has 1 aromatic heterocycles. The lowest BCUT2D eigenvalue weighted by Crippen LogP contribution is -2.49. The van der Waals surface area contributed by atoms with Crippen LogP contribution in [0, 0.1) is 0 Å². The maximum atomic E-state index is 11.5. The van der Waals surface area contributed by atoms with Crippen LogP contribution in [0.25, 0.3) is 0 Å². The number of nitrogens with one attached hydrogen (secondary N) is 1. The number of halogens is 1. The molecule has 84 valence electrons.